The van der Waals surface area contributed by atoms with Crippen LogP contribution < -0.4 is 5.32 Å². The van der Waals surface area contributed by atoms with Crippen molar-refractivity contribution < 1.29 is 18.8 Å². The van der Waals surface area contributed by atoms with Gasteiger partial charge in [-0.2, -0.15) is 0 Å². The van der Waals surface area contributed by atoms with E-state index in [2.05, 4.69) is 10.5 Å². The topological polar surface area (TPSA) is 81.4 Å². The van der Waals surface area contributed by atoms with Gasteiger partial charge in [0.15, 0.2) is 5.69 Å². The van der Waals surface area contributed by atoms with E-state index in [0.29, 0.717) is 22.7 Å². The number of rotatable bonds is 6. The first-order chi connectivity index (χ1) is 12.6. The fourth-order valence-electron chi connectivity index (χ4n) is 2.42. The molecule has 134 valence electrons. The molecule has 0 aliphatic carbocycles. The lowest BCUT2D eigenvalue weighted by Crippen LogP contribution is -2.14. The zero-order chi connectivity index (χ0) is 18.5. The van der Waals surface area contributed by atoms with Crippen LogP contribution in [0.4, 0.5) is 5.00 Å². The van der Waals surface area contributed by atoms with Gasteiger partial charge in [0.2, 0.25) is 0 Å². The smallest absolute Gasteiger partial charge is 0.341 e. The SMILES string of the molecule is CCOC(=O)c1cc(Cc2ccccc2)sc1NC(=O)c1cc(C)on1. The van der Waals surface area contributed by atoms with Crippen LogP contribution in [-0.2, 0) is 11.2 Å². The number of amides is 1. The molecule has 0 atom stereocenters. The van der Waals surface area contributed by atoms with E-state index in [1.54, 1.807) is 19.9 Å². The molecular weight excluding hydrogens is 352 g/mol. The van der Waals surface area contributed by atoms with Crippen LogP contribution in [0.1, 0.15) is 44.0 Å². The summed E-state index contributed by atoms with van der Waals surface area (Å²) in [5, 5.41) is 6.89. The highest BCUT2D eigenvalue weighted by atomic mass is 32.1. The van der Waals surface area contributed by atoms with E-state index in [0.717, 1.165) is 10.4 Å². The largest absolute Gasteiger partial charge is 0.462 e. The Hall–Kier alpha value is -2.93. The first kappa shape index (κ1) is 17.9. The molecule has 3 rings (SSSR count). The van der Waals surface area contributed by atoms with Gasteiger partial charge in [-0.1, -0.05) is 35.5 Å². The van der Waals surface area contributed by atoms with E-state index in [9.17, 15) is 9.59 Å². The van der Waals surface area contributed by atoms with Crippen molar-refractivity contribution in [2.24, 2.45) is 0 Å². The van der Waals surface area contributed by atoms with Crippen LogP contribution in [0.2, 0.25) is 0 Å². The standard InChI is InChI=1S/C19H18N2O4S/c1-3-24-19(23)15-11-14(10-13-7-5-4-6-8-13)26-18(15)20-17(22)16-9-12(2)25-21-16/h4-9,11H,3,10H2,1-2H3,(H,20,22). The highest BCUT2D eigenvalue weighted by Crippen LogP contribution is 2.31. The highest BCUT2D eigenvalue weighted by Gasteiger charge is 2.21. The van der Waals surface area contributed by atoms with Crippen LogP contribution in [0.15, 0.2) is 47.0 Å². The number of thiophene rings is 1. The third kappa shape index (κ3) is 4.18. The molecule has 0 radical (unpaired) electrons. The summed E-state index contributed by atoms with van der Waals surface area (Å²) in [7, 11) is 0. The fourth-order valence-corrected chi connectivity index (χ4v) is 3.49. The summed E-state index contributed by atoms with van der Waals surface area (Å²) in [5.74, 6) is -0.355. The lowest BCUT2D eigenvalue weighted by molar-refractivity contribution is 0.0528. The third-order valence-electron chi connectivity index (χ3n) is 3.59. The molecule has 1 aromatic carbocycles. The fraction of sp³-hybridized carbons (Fsp3) is 0.211. The second-order valence-electron chi connectivity index (χ2n) is 5.62. The van der Waals surface area contributed by atoms with Crippen molar-refractivity contribution in [1.29, 1.82) is 0 Å². The molecule has 0 saturated heterocycles. The third-order valence-corrected chi connectivity index (χ3v) is 4.64. The molecule has 7 heteroatoms. The average Bonchev–Trinajstić information content (AvgIpc) is 3.22. The van der Waals surface area contributed by atoms with Gasteiger partial charge in [0.25, 0.3) is 5.91 Å². The Balaban J connectivity index is 1.86. The second kappa shape index (κ2) is 7.97. The lowest BCUT2D eigenvalue weighted by atomic mass is 10.1. The maximum atomic E-state index is 12.3. The molecule has 2 aromatic heterocycles. The van der Waals surface area contributed by atoms with E-state index in [4.69, 9.17) is 9.26 Å². The molecule has 0 fully saturated rings. The Morgan fingerprint density at radius 1 is 1.23 bits per heavy atom. The monoisotopic (exact) mass is 370 g/mol. The van der Waals surface area contributed by atoms with E-state index >= 15 is 0 Å². The molecule has 6 nitrogen and oxygen atoms in total. The van der Waals surface area contributed by atoms with E-state index in [1.165, 1.54) is 17.4 Å². The summed E-state index contributed by atoms with van der Waals surface area (Å²) in [6.07, 6.45) is 0.664. The molecular formula is C19H18N2O4S. The van der Waals surface area contributed by atoms with Crippen LogP contribution in [0.5, 0.6) is 0 Å². The number of benzene rings is 1. The first-order valence-electron chi connectivity index (χ1n) is 8.15. The minimum Gasteiger partial charge on any atom is -0.462 e. The first-order valence-corrected chi connectivity index (χ1v) is 8.97. The summed E-state index contributed by atoms with van der Waals surface area (Å²) in [6.45, 7) is 3.71. The van der Waals surface area contributed by atoms with Crippen molar-refractivity contribution >= 4 is 28.2 Å². The molecule has 0 spiro atoms. The molecule has 0 saturated carbocycles. The van der Waals surface area contributed by atoms with Crippen LogP contribution in [0, 0.1) is 6.92 Å². The maximum absolute atomic E-state index is 12.3. The van der Waals surface area contributed by atoms with Crippen molar-refractivity contribution in [2.45, 2.75) is 20.3 Å². The molecule has 2 heterocycles. The molecule has 0 bridgehead atoms. The Morgan fingerprint density at radius 3 is 2.65 bits per heavy atom. The van der Waals surface area contributed by atoms with Gasteiger partial charge in [0.1, 0.15) is 10.8 Å². The van der Waals surface area contributed by atoms with Crippen molar-refractivity contribution in [1.82, 2.24) is 5.16 Å². The molecule has 1 amide bonds. The van der Waals surface area contributed by atoms with Crippen molar-refractivity contribution in [2.75, 3.05) is 11.9 Å². The Labute approximate surface area is 154 Å². The number of aryl methyl sites for hydroxylation is 1. The zero-order valence-electron chi connectivity index (χ0n) is 14.4. The lowest BCUT2D eigenvalue weighted by Gasteiger charge is -2.04. The predicted octanol–water partition coefficient (Wildman–Crippen LogP) is 4.06. The minimum atomic E-state index is -0.463. The summed E-state index contributed by atoms with van der Waals surface area (Å²) in [5.41, 5.74) is 1.63. The number of carbonyl (C=O) groups is 2. The van der Waals surface area contributed by atoms with Crippen LogP contribution in [0.3, 0.4) is 0 Å². The molecule has 3 aromatic rings. The normalized spacial score (nSPS) is 10.5. The summed E-state index contributed by atoms with van der Waals surface area (Å²) in [6, 6.07) is 13.2. The maximum Gasteiger partial charge on any atom is 0.341 e. The number of hydrogen-bond acceptors (Lipinski definition) is 6. The Bertz CT molecular complexity index is 915. The van der Waals surface area contributed by atoms with Gasteiger partial charge < -0.3 is 14.6 Å². The van der Waals surface area contributed by atoms with Gasteiger partial charge in [0.05, 0.1) is 12.2 Å². The van der Waals surface area contributed by atoms with Gasteiger partial charge in [-0.3, -0.25) is 4.79 Å². The van der Waals surface area contributed by atoms with Crippen molar-refractivity contribution in [3.8, 4) is 0 Å². The highest BCUT2D eigenvalue weighted by molar-refractivity contribution is 7.16. The molecule has 0 aliphatic rings. The molecule has 26 heavy (non-hydrogen) atoms. The quantitative estimate of drug-likeness (QED) is 0.662. The molecule has 0 aliphatic heterocycles. The summed E-state index contributed by atoms with van der Waals surface area (Å²) in [4.78, 5) is 25.6. The van der Waals surface area contributed by atoms with Gasteiger partial charge >= 0.3 is 5.97 Å². The predicted molar refractivity (Wildman–Crippen MR) is 98.7 cm³/mol. The number of anilines is 1. The van der Waals surface area contributed by atoms with Crippen LogP contribution in [0.25, 0.3) is 0 Å². The number of esters is 1. The van der Waals surface area contributed by atoms with Crippen molar-refractivity contribution in [3.05, 3.63) is 69.9 Å². The van der Waals surface area contributed by atoms with E-state index in [-0.39, 0.29) is 12.3 Å². The Morgan fingerprint density at radius 2 is 2.00 bits per heavy atom. The number of aromatic nitrogens is 1. The van der Waals surface area contributed by atoms with Gasteiger partial charge in [-0.15, -0.1) is 11.3 Å². The summed E-state index contributed by atoms with van der Waals surface area (Å²) >= 11 is 1.35. The van der Waals surface area contributed by atoms with Crippen molar-refractivity contribution in [3.63, 3.8) is 0 Å². The van der Waals surface area contributed by atoms with Crippen LogP contribution in [-0.4, -0.2) is 23.6 Å². The zero-order valence-corrected chi connectivity index (χ0v) is 15.3. The number of nitrogens with one attached hydrogen (secondary N) is 1. The number of hydrogen-bond donors (Lipinski definition) is 1. The molecule has 0 unspecified atom stereocenters. The van der Waals surface area contributed by atoms with Crippen LogP contribution >= 0.6 is 11.3 Å². The van der Waals surface area contributed by atoms with E-state index < -0.39 is 11.9 Å². The number of nitrogens with zero attached hydrogens (tertiary/aromatic N) is 1. The second-order valence-corrected chi connectivity index (χ2v) is 6.75. The van der Waals surface area contributed by atoms with Gasteiger partial charge in [-0.05, 0) is 25.5 Å². The number of ether oxygens (including phenoxy) is 1. The molecule has 1 N–H and O–H groups in total. The van der Waals surface area contributed by atoms with Gasteiger partial charge in [0, 0.05) is 17.4 Å². The average molecular weight is 370 g/mol. The van der Waals surface area contributed by atoms with E-state index in [1.807, 2.05) is 30.3 Å². The Kier molecular flexibility index (Phi) is 5.48. The van der Waals surface area contributed by atoms with Gasteiger partial charge in [-0.25, -0.2) is 4.79 Å². The summed E-state index contributed by atoms with van der Waals surface area (Å²) < 4.78 is 10.0. The number of carbonyl (C=O) groups excluding carboxylic acids is 2. The minimum absolute atomic E-state index is 0.162.